The average Bonchev–Trinajstić information content (AvgIpc) is 2.75. The van der Waals surface area contributed by atoms with Crippen LogP contribution >= 0.6 is 35.6 Å². The van der Waals surface area contributed by atoms with Gasteiger partial charge in [0.15, 0.2) is 5.11 Å². The first-order valence-electron chi connectivity index (χ1n) is 9.12. The molecule has 0 aliphatic carbocycles. The van der Waals surface area contributed by atoms with Crippen LogP contribution in [-0.2, 0) is 9.59 Å². The number of thiocarbonyl (C=S) groups is 1. The number of rotatable bonds is 4. The molecule has 0 bridgehead atoms. The highest BCUT2D eigenvalue weighted by Gasteiger charge is 2.35. The molecule has 1 fully saturated rings. The number of carbonyl (C=O) groups is 2. The quantitative estimate of drug-likeness (QED) is 0.314. The summed E-state index contributed by atoms with van der Waals surface area (Å²) < 4.78 is 14.2. The van der Waals surface area contributed by atoms with Gasteiger partial charge in [0.25, 0.3) is 11.8 Å². The van der Waals surface area contributed by atoms with Gasteiger partial charge in [-0.05, 0) is 72.4 Å². The summed E-state index contributed by atoms with van der Waals surface area (Å²) in [4.78, 5) is 28.4. The van der Waals surface area contributed by atoms with Gasteiger partial charge < -0.3 is 0 Å². The summed E-state index contributed by atoms with van der Waals surface area (Å²) >= 11 is 12.6. The first kappa shape index (κ1) is 21.2. The van der Waals surface area contributed by atoms with Gasteiger partial charge in [-0.2, -0.15) is 0 Å². The third-order valence-corrected chi connectivity index (χ3v) is 5.99. The van der Waals surface area contributed by atoms with Gasteiger partial charge in [-0.3, -0.25) is 14.9 Å². The molecule has 4 rings (SSSR count). The molecule has 8 heteroatoms. The fourth-order valence-corrected chi connectivity index (χ4v) is 4.16. The van der Waals surface area contributed by atoms with Crippen LogP contribution in [0.15, 0.2) is 88.2 Å². The number of para-hydroxylation sites is 1. The smallest absolute Gasteiger partial charge is 0.270 e. The van der Waals surface area contributed by atoms with E-state index < -0.39 is 17.6 Å². The van der Waals surface area contributed by atoms with Crippen molar-refractivity contribution < 1.29 is 14.0 Å². The lowest BCUT2D eigenvalue weighted by Crippen LogP contribution is -2.54. The second-order valence-electron chi connectivity index (χ2n) is 6.53. The van der Waals surface area contributed by atoms with E-state index in [4.69, 9.17) is 23.8 Å². The van der Waals surface area contributed by atoms with Crippen LogP contribution in [0.25, 0.3) is 6.08 Å². The molecule has 4 nitrogen and oxygen atoms in total. The van der Waals surface area contributed by atoms with Gasteiger partial charge in [0.2, 0.25) is 0 Å². The third-order valence-electron chi connectivity index (χ3n) is 4.44. The van der Waals surface area contributed by atoms with Crippen molar-refractivity contribution in [2.75, 3.05) is 4.90 Å². The van der Waals surface area contributed by atoms with E-state index in [1.54, 1.807) is 30.0 Å². The number of halogens is 2. The van der Waals surface area contributed by atoms with Crippen LogP contribution < -0.4 is 10.2 Å². The van der Waals surface area contributed by atoms with E-state index in [9.17, 15) is 14.0 Å². The van der Waals surface area contributed by atoms with Crippen LogP contribution in [0.1, 0.15) is 5.56 Å². The lowest BCUT2D eigenvalue weighted by molar-refractivity contribution is -0.122. The highest BCUT2D eigenvalue weighted by molar-refractivity contribution is 7.99. The molecule has 0 spiro atoms. The molecule has 0 radical (unpaired) electrons. The summed E-state index contributed by atoms with van der Waals surface area (Å²) in [5.41, 5.74) is 0.508. The van der Waals surface area contributed by atoms with E-state index in [0.717, 1.165) is 14.7 Å². The molecular weight excluding hydrogens is 455 g/mol. The summed E-state index contributed by atoms with van der Waals surface area (Å²) in [5, 5.41) is 2.96. The molecule has 1 aliphatic heterocycles. The number of hydrogen-bond donors (Lipinski definition) is 1. The first-order valence-corrected chi connectivity index (χ1v) is 10.7. The monoisotopic (exact) mass is 468 g/mol. The second-order valence-corrected chi connectivity index (χ2v) is 8.50. The predicted octanol–water partition coefficient (Wildman–Crippen LogP) is 5.46. The molecule has 1 heterocycles. The van der Waals surface area contributed by atoms with Gasteiger partial charge in [0, 0.05) is 14.8 Å². The SMILES string of the molecule is O=C1NC(=S)N(c2ccccc2F)C(=O)/C1=C/c1ccc(Sc2ccc(Cl)cc2)cc1. The van der Waals surface area contributed by atoms with E-state index in [1.807, 2.05) is 36.4 Å². The van der Waals surface area contributed by atoms with E-state index in [0.29, 0.717) is 10.6 Å². The van der Waals surface area contributed by atoms with E-state index in [2.05, 4.69) is 5.32 Å². The van der Waals surface area contributed by atoms with Crippen LogP contribution in [0.3, 0.4) is 0 Å². The fourth-order valence-electron chi connectivity index (χ4n) is 2.95. The lowest BCUT2D eigenvalue weighted by atomic mass is 10.1. The van der Waals surface area contributed by atoms with Gasteiger partial charge in [0.05, 0.1) is 5.69 Å². The molecule has 3 aromatic carbocycles. The Bertz CT molecular complexity index is 1210. The second kappa shape index (κ2) is 9.01. The Morgan fingerprint density at radius 1 is 0.935 bits per heavy atom. The van der Waals surface area contributed by atoms with Crippen LogP contribution in [0, 0.1) is 5.82 Å². The normalized spacial score (nSPS) is 15.4. The molecule has 1 saturated heterocycles. The Labute approximate surface area is 192 Å². The van der Waals surface area contributed by atoms with Gasteiger partial charge in [-0.25, -0.2) is 9.29 Å². The number of benzene rings is 3. The summed E-state index contributed by atoms with van der Waals surface area (Å²) in [7, 11) is 0. The first-order chi connectivity index (χ1) is 14.9. The number of amides is 2. The van der Waals surface area contributed by atoms with E-state index in [-0.39, 0.29) is 16.4 Å². The van der Waals surface area contributed by atoms with Crippen molar-refractivity contribution >= 4 is 64.3 Å². The van der Waals surface area contributed by atoms with Crippen LogP contribution in [0.2, 0.25) is 5.02 Å². The molecule has 31 heavy (non-hydrogen) atoms. The molecule has 1 aliphatic rings. The van der Waals surface area contributed by atoms with Crippen molar-refractivity contribution in [3.8, 4) is 0 Å². The molecule has 0 unspecified atom stereocenters. The van der Waals surface area contributed by atoms with Crippen molar-refractivity contribution in [1.29, 1.82) is 0 Å². The average molecular weight is 469 g/mol. The van der Waals surface area contributed by atoms with Crippen molar-refractivity contribution in [3.63, 3.8) is 0 Å². The molecule has 1 N–H and O–H groups in total. The summed E-state index contributed by atoms with van der Waals surface area (Å²) in [6.45, 7) is 0. The molecular formula is C23H14ClFN2O2S2. The Balaban J connectivity index is 1.58. The molecule has 154 valence electrons. The molecule has 2 amide bonds. The molecule has 0 saturated carbocycles. The molecule has 0 aromatic heterocycles. The third kappa shape index (κ3) is 4.69. The minimum Gasteiger partial charge on any atom is -0.298 e. The standard InChI is InChI=1S/C23H14ClFN2O2S2/c24-15-7-11-17(12-8-15)31-16-9-5-14(6-10-16)13-18-21(28)26-23(30)27(22(18)29)20-4-2-1-3-19(20)25/h1-13H,(H,26,28,30)/b18-13+. The number of hydrogen-bond acceptors (Lipinski definition) is 4. The minimum absolute atomic E-state index is 0.0156. The maximum absolute atomic E-state index is 14.2. The predicted molar refractivity (Wildman–Crippen MR) is 125 cm³/mol. The van der Waals surface area contributed by atoms with Gasteiger partial charge in [-0.1, -0.05) is 47.6 Å². The summed E-state index contributed by atoms with van der Waals surface area (Å²) in [6, 6.07) is 20.6. The largest absolute Gasteiger partial charge is 0.298 e. The van der Waals surface area contributed by atoms with Crippen LogP contribution in [0.5, 0.6) is 0 Å². The van der Waals surface area contributed by atoms with Crippen LogP contribution in [-0.4, -0.2) is 16.9 Å². The highest BCUT2D eigenvalue weighted by atomic mass is 35.5. The van der Waals surface area contributed by atoms with Crippen molar-refractivity contribution in [3.05, 3.63) is 94.8 Å². The van der Waals surface area contributed by atoms with Gasteiger partial charge >= 0.3 is 0 Å². The van der Waals surface area contributed by atoms with Gasteiger partial charge in [0.1, 0.15) is 11.4 Å². The zero-order chi connectivity index (χ0) is 22.0. The van der Waals surface area contributed by atoms with Gasteiger partial charge in [-0.15, -0.1) is 0 Å². The Morgan fingerprint density at radius 3 is 2.19 bits per heavy atom. The Hall–Kier alpha value is -3.00. The zero-order valence-corrected chi connectivity index (χ0v) is 18.2. The highest BCUT2D eigenvalue weighted by Crippen LogP contribution is 2.29. The number of nitrogens with zero attached hydrogens (tertiary/aromatic N) is 1. The molecule has 0 atom stereocenters. The van der Waals surface area contributed by atoms with E-state index >= 15 is 0 Å². The summed E-state index contributed by atoms with van der Waals surface area (Å²) in [5.74, 6) is -1.92. The topological polar surface area (TPSA) is 49.4 Å². The maximum Gasteiger partial charge on any atom is 0.270 e. The maximum atomic E-state index is 14.2. The summed E-state index contributed by atoms with van der Waals surface area (Å²) in [6.07, 6.45) is 1.46. The number of carbonyl (C=O) groups excluding carboxylic acids is 2. The van der Waals surface area contributed by atoms with Crippen molar-refractivity contribution in [1.82, 2.24) is 5.32 Å². The van der Waals surface area contributed by atoms with E-state index in [1.165, 1.54) is 24.3 Å². The zero-order valence-electron chi connectivity index (χ0n) is 15.8. The van der Waals surface area contributed by atoms with Crippen LogP contribution in [0.4, 0.5) is 10.1 Å². The molecule has 3 aromatic rings. The Morgan fingerprint density at radius 2 is 1.55 bits per heavy atom. The lowest BCUT2D eigenvalue weighted by Gasteiger charge is -2.29. The van der Waals surface area contributed by atoms with Crippen molar-refractivity contribution in [2.24, 2.45) is 0 Å². The minimum atomic E-state index is -0.682. The Kier molecular flexibility index (Phi) is 6.18. The number of anilines is 1. The number of nitrogens with one attached hydrogen (secondary N) is 1. The van der Waals surface area contributed by atoms with Crippen molar-refractivity contribution in [2.45, 2.75) is 9.79 Å². The fraction of sp³-hybridized carbons (Fsp3) is 0.